The Bertz CT molecular complexity index is 578. The van der Waals surface area contributed by atoms with E-state index in [0.29, 0.717) is 23.2 Å². The molecule has 1 fully saturated rings. The van der Waals surface area contributed by atoms with Crippen molar-refractivity contribution in [3.8, 4) is 0 Å². The van der Waals surface area contributed by atoms with Crippen molar-refractivity contribution in [2.45, 2.75) is 32.0 Å². The third-order valence-electron chi connectivity index (χ3n) is 3.28. The van der Waals surface area contributed by atoms with Crippen LogP contribution >= 0.6 is 11.6 Å². The predicted molar refractivity (Wildman–Crippen MR) is 72.6 cm³/mol. The smallest absolute Gasteiger partial charge is 0.129 e. The quantitative estimate of drug-likeness (QED) is 0.912. The van der Waals surface area contributed by atoms with Gasteiger partial charge in [-0.05, 0) is 25.0 Å². The molecule has 3 nitrogen and oxygen atoms in total. The van der Waals surface area contributed by atoms with Crippen LogP contribution in [0, 0.1) is 5.82 Å². The van der Waals surface area contributed by atoms with Gasteiger partial charge in [-0.15, -0.1) is 0 Å². The van der Waals surface area contributed by atoms with Crippen molar-refractivity contribution in [2.24, 2.45) is 0 Å². The zero-order chi connectivity index (χ0) is 13.2. The van der Waals surface area contributed by atoms with Gasteiger partial charge in [0.2, 0.25) is 0 Å². The van der Waals surface area contributed by atoms with Crippen LogP contribution in [0.15, 0.2) is 30.6 Å². The normalized spacial score (nSPS) is 14.8. The molecule has 0 spiro atoms. The van der Waals surface area contributed by atoms with E-state index in [4.69, 9.17) is 11.6 Å². The van der Waals surface area contributed by atoms with Crippen molar-refractivity contribution in [2.75, 3.05) is 0 Å². The molecular formula is C14H15ClFN3. The van der Waals surface area contributed by atoms with Gasteiger partial charge in [-0.1, -0.05) is 17.7 Å². The summed E-state index contributed by atoms with van der Waals surface area (Å²) in [6.45, 7) is 1.21. The zero-order valence-electron chi connectivity index (χ0n) is 10.4. The molecule has 5 heteroatoms. The largest absolute Gasteiger partial charge is 0.329 e. The molecule has 0 saturated heterocycles. The fraction of sp³-hybridized carbons (Fsp3) is 0.357. The van der Waals surface area contributed by atoms with Crippen molar-refractivity contribution in [1.29, 1.82) is 0 Å². The first-order valence-electron chi connectivity index (χ1n) is 6.40. The van der Waals surface area contributed by atoms with Gasteiger partial charge in [0.05, 0.1) is 13.1 Å². The van der Waals surface area contributed by atoms with Crippen LogP contribution in [0.5, 0.6) is 0 Å². The van der Waals surface area contributed by atoms with Gasteiger partial charge < -0.3 is 9.88 Å². The predicted octanol–water partition coefficient (Wildman–Crippen LogP) is 2.98. The highest BCUT2D eigenvalue weighted by Crippen LogP contribution is 2.19. The summed E-state index contributed by atoms with van der Waals surface area (Å²) in [7, 11) is 0. The Labute approximate surface area is 116 Å². The van der Waals surface area contributed by atoms with Gasteiger partial charge in [-0.25, -0.2) is 9.37 Å². The lowest BCUT2D eigenvalue weighted by Gasteiger charge is -2.09. The average Bonchev–Trinajstić information content (AvgIpc) is 3.11. The molecule has 0 bridgehead atoms. The molecule has 2 aromatic rings. The maximum absolute atomic E-state index is 13.8. The highest BCUT2D eigenvalue weighted by atomic mass is 35.5. The van der Waals surface area contributed by atoms with Crippen LogP contribution < -0.4 is 5.32 Å². The molecule has 1 aromatic heterocycles. The topological polar surface area (TPSA) is 29.9 Å². The Balaban J connectivity index is 1.73. The van der Waals surface area contributed by atoms with E-state index in [-0.39, 0.29) is 5.82 Å². The second-order valence-electron chi connectivity index (χ2n) is 4.86. The molecule has 1 aliphatic rings. The van der Waals surface area contributed by atoms with Crippen LogP contribution in [0.1, 0.15) is 24.2 Å². The summed E-state index contributed by atoms with van der Waals surface area (Å²) in [6, 6.07) is 5.41. The lowest BCUT2D eigenvalue weighted by molar-refractivity contribution is 0.581. The average molecular weight is 280 g/mol. The molecule has 0 unspecified atom stereocenters. The molecule has 1 aromatic carbocycles. The minimum atomic E-state index is -0.276. The Hall–Kier alpha value is -1.39. The first kappa shape index (κ1) is 12.6. The van der Waals surface area contributed by atoms with Crippen LogP contribution in [0.25, 0.3) is 0 Å². The van der Waals surface area contributed by atoms with E-state index in [2.05, 4.69) is 10.3 Å². The van der Waals surface area contributed by atoms with Crippen molar-refractivity contribution >= 4 is 11.6 Å². The van der Waals surface area contributed by atoms with Crippen LogP contribution in [0.3, 0.4) is 0 Å². The Morgan fingerprint density at radius 3 is 3.00 bits per heavy atom. The van der Waals surface area contributed by atoms with Gasteiger partial charge >= 0.3 is 0 Å². The molecule has 1 N–H and O–H groups in total. The summed E-state index contributed by atoms with van der Waals surface area (Å²) in [5.41, 5.74) is 0.620. The number of nitrogens with one attached hydrogen (secondary N) is 1. The van der Waals surface area contributed by atoms with Crippen molar-refractivity contribution in [3.05, 3.63) is 52.8 Å². The van der Waals surface area contributed by atoms with Gasteiger partial charge in [-0.3, -0.25) is 0 Å². The maximum Gasteiger partial charge on any atom is 0.129 e. The second-order valence-corrected chi connectivity index (χ2v) is 5.30. The van der Waals surface area contributed by atoms with Crippen LogP contribution in [-0.4, -0.2) is 15.6 Å². The van der Waals surface area contributed by atoms with E-state index < -0.39 is 0 Å². The number of rotatable bonds is 5. The molecule has 0 radical (unpaired) electrons. The second kappa shape index (κ2) is 5.31. The van der Waals surface area contributed by atoms with E-state index in [1.807, 2.05) is 10.8 Å². The van der Waals surface area contributed by atoms with E-state index in [1.165, 1.54) is 18.9 Å². The van der Waals surface area contributed by atoms with Gasteiger partial charge in [0.1, 0.15) is 11.6 Å². The Morgan fingerprint density at radius 2 is 2.26 bits per heavy atom. The number of hydrogen-bond acceptors (Lipinski definition) is 2. The molecule has 1 aliphatic carbocycles. The Morgan fingerprint density at radius 1 is 1.42 bits per heavy atom. The minimum absolute atomic E-state index is 0.276. The van der Waals surface area contributed by atoms with Gasteiger partial charge in [-0.2, -0.15) is 0 Å². The molecule has 1 heterocycles. The number of nitrogens with zero attached hydrogens (tertiary/aromatic N) is 2. The van der Waals surface area contributed by atoms with E-state index in [9.17, 15) is 4.39 Å². The molecule has 0 aliphatic heterocycles. The number of imidazole rings is 1. The number of benzene rings is 1. The first-order valence-corrected chi connectivity index (χ1v) is 6.77. The fourth-order valence-corrected chi connectivity index (χ4v) is 2.17. The monoisotopic (exact) mass is 279 g/mol. The standard InChI is InChI=1S/C14H15ClFN3/c15-11-2-1-10(13(16)7-11)9-19-6-5-17-14(19)8-18-12-3-4-12/h1-2,5-7,12,18H,3-4,8-9H2. The number of halogens is 2. The van der Waals surface area contributed by atoms with Gasteiger partial charge in [0, 0.05) is 29.0 Å². The summed E-state index contributed by atoms with van der Waals surface area (Å²) in [6.07, 6.45) is 6.11. The van der Waals surface area contributed by atoms with E-state index in [1.54, 1.807) is 18.3 Å². The lowest BCUT2D eigenvalue weighted by Crippen LogP contribution is -2.19. The Kier molecular flexibility index (Phi) is 3.53. The van der Waals surface area contributed by atoms with E-state index in [0.717, 1.165) is 12.4 Å². The third-order valence-corrected chi connectivity index (χ3v) is 3.52. The molecule has 3 rings (SSSR count). The highest BCUT2D eigenvalue weighted by Gasteiger charge is 2.20. The number of hydrogen-bond donors (Lipinski definition) is 1. The maximum atomic E-state index is 13.8. The summed E-state index contributed by atoms with van der Waals surface area (Å²) in [5.74, 6) is 0.656. The summed E-state index contributed by atoms with van der Waals surface area (Å²) < 4.78 is 15.7. The first-order chi connectivity index (χ1) is 9.22. The SMILES string of the molecule is Fc1cc(Cl)ccc1Cn1ccnc1CNC1CC1. The van der Waals surface area contributed by atoms with Crippen molar-refractivity contribution in [3.63, 3.8) is 0 Å². The summed E-state index contributed by atoms with van der Waals surface area (Å²) in [4.78, 5) is 4.31. The fourth-order valence-electron chi connectivity index (χ4n) is 2.01. The number of aromatic nitrogens is 2. The van der Waals surface area contributed by atoms with Crippen LogP contribution in [0.4, 0.5) is 4.39 Å². The third kappa shape index (κ3) is 3.14. The molecular weight excluding hydrogens is 265 g/mol. The zero-order valence-corrected chi connectivity index (χ0v) is 11.2. The van der Waals surface area contributed by atoms with Gasteiger partial charge in [0.25, 0.3) is 0 Å². The molecule has 19 heavy (non-hydrogen) atoms. The molecule has 0 amide bonds. The van der Waals surface area contributed by atoms with Crippen LogP contribution in [-0.2, 0) is 13.1 Å². The van der Waals surface area contributed by atoms with Crippen molar-refractivity contribution < 1.29 is 4.39 Å². The van der Waals surface area contributed by atoms with Crippen LogP contribution in [0.2, 0.25) is 5.02 Å². The molecule has 1 saturated carbocycles. The van der Waals surface area contributed by atoms with Crippen molar-refractivity contribution in [1.82, 2.24) is 14.9 Å². The lowest BCUT2D eigenvalue weighted by atomic mass is 10.2. The van der Waals surface area contributed by atoms with E-state index >= 15 is 0 Å². The summed E-state index contributed by atoms with van der Waals surface area (Å²) in [5, 5.41) is 3.83. The summed E-state index contributed by atoms with van der Waals surface area (Å²) >= 11 is 5.75. The highest BCUT2D eigenvalue weighted by molar-refractivity contribution is 6.30. The van der Waals surface area contributed by atoms with Gasteiger partial charge in [0.15, 0.2) is 0 Å². The minimum Gasteiger partial charge on any atom is -0.329 e. The molecule has 0 atom stereocenters. The molecule has 100 valence electrons.